The number of carbonyl (C=O) groups excluding carboxylic acids is 2. The smallest absolute Gasteiger partial charge is 0.306 e. The van der Waals surface area contributed by atoms with Crippen molar-refractivity contribution in [2.75, 3.05) is 6.61 Å². The molecular weight excluding hydrogens is 839 g/mol. The molecule has 0 aliphatic rings. The number of hydrogen-bond acceptors (Lipinski definition) is 5. The van der Waals surface area contributed by atoms with E-state index >= 15 is 0 Å². The fourth-order valence-corrected chi connectivity index (χ4v) is 9.08. The maximum absolute atomic E-state index is 13.3. The van der Waals surface area contributed by atoms with Crippen LogP contribution in [0, 0.1) is 0 Å². The molecule has 0 saturated heterocycles. The van der Waals surface area contributed by atoms with Gasteiger partial charge in [-0.3, -0.25) is 9.59 Å². The van der Waals surface area contributed by atoms with Crippen LogP contribution >= 0.6 is 0 Å². The molecule has 0 rings (SSSR count). The number of carbonyl (C=O) groups is 2. The van der Waals surface area contributed by atoms with E-state index in [1.807, 2.05) is 0 Å². The van der Waals surface area contributed by atoms with Crippen molar-refractivity contribution in [3.8, 4) is 0 Å². The SMILES string of the molecule is CCCCC/C=C\C/C=C\C/C=C\CCCCCCC(CC(=O)NC(CO)C(O)CCCCCCCCCCCCCCCCC)OC(=O)CCCCCCCCC/C=C/CCCCCCCC. The van der Waals surface area contributed by atoms with E-state index in [-0.39, 0.29) is 24.9 Å². The van der Waals surface area contributed by atoms with Crippen molar-refractivity contribution in [2.45, 2.75) is 328 Å². The van der Waals surface area contributed by atoms with E-state index in [0.29, 0.717) is 19.3 Å². The Hall–Kier alpha value is -2.18. The standard InChI is InChI=1S/C62H115NO5/c1-4-7-10-13-16-19-22-25-28-30-33-35-38-41-44-47-50-53-58(68-62(67)55-52-49-46-43-40-37-34-31-29-26-23-20-17-14-11-8-5-2)56-61(66)63-59(57-64)60(65)54-51-48-45-42-39-36-32-27-24-21-18-15-12-9-6-3/h16,19,25-26,28-29,33,35,58-60,64-65H,4-15,17-18,20-24,27,30-32,34,36-57H2,1-3H3,(H,63,66)/b19-16-,28-25-,29-26+,35-33-. The minimum absolute atomic E-state index is 0.0626. The molecule has 0 spiro atoms. The van der Waals surface area contributed by atoms with Crippen molar-refractivity contribution in [3.63, 3.8) is 0 Å². The second kappa shape index (κ2) is 55.7. The van der Waals surface area contributed by atoms with Crippen molar-refractivity contribution in [2.24, 2.45) is 0 Å². The van der Waals surface area contributed by atoms with Gasteiger partial charge >= 0.3 is 5.97 Å². The average molecular weight is 955 g/mol. The van der Waals surface area contributed by atoms with E-state index in [9.17, 15) is 19.8 Å². The number of nitrogens with one attached hydrogen (secondary N) is 1. The lowest BCUT2D eigenvalue weighted by Gasteiger charge is -2.24. The van der Waals surface area contributed by atoms with E-state index in [4.69, 9.17) is 4.74 Å². The number of allylic oxidation sites excluding steroid dienone is 8. The molecule has 3 atom stereocenters. The molecule has 6 nitrogen and oxygen atoms in total. The van der Waals surface area contributed by atoms with Gasteiger partial charge in [0.1, 0.15) is 6.10 Å². The van der Waals surface area contributed by atoms with Gasteiger partial charge in [0.15, 0.2) is 0 Å². The molecule has 0 aromatic rings. The monoisotopic (exact) mass is 954 g/mol. The van der Waals surface area contributed by atoms with E-state index in [1.54, 1.807) is 0 Å². The summed E-state index contributed by atoms with van der Waals surface area (Å²) >= 11 is 0. The van der Waals surface area contributed by atoms with Crippen LogP contribution in [0.25, 0.3) is 0 Å². The van der Waals surface area contributed by atoms with Crippen molar-refractivity contribution in [1.82, 2.24) is 5.32 Å². The van der Waals surface area contributed by atoms with Gasteiger partial charge in [0, 0.05) is 6.42 Å². The van der Waals surface area contributed by atoms with Gasteiger partial charge in [-0.05, 0) is 89.9 Å². The summed E-state index contributed by atoms with van der Waals surface area (Å²) in [6.45, 7) is 6.48. The number of hydrogen-bond donors (Lipinski definition) is 3. The number of aliphatic hydroxyl groups is 2. The van der Waals surface area contributed by atoms with Crippen LogP contribution in [-0.2, 0) is 14.3 Å². The zero-order valence-corrected chi connectivity index (χ0v) is 45.5. The molecule has 0 heterocycles. The lowest BCUT2D eigenvalue weighted by atomic mass is 10.0. The fraction of sp³-hybridized carbons (Fsp3) is 0.839. The number of unbranched alkanes of at least 4 members (excludes halogenated alkanes) is 34. The predicted molar refractivity (Wildman–Crippen MR) is 296 cm³/mol. The first-order valence-electron chi connectivity index (χ1n) is 29.9. The van der Waals surface area contributed by atoms with Crippen LogP contribution in [0.15, 0.2) is 48.6 Å². The van der Waals surface area contributed by atoms with Gasteiger partial charge < -0.3 is 20.3 Å². The zero-order chi connectivity index (χ0) is 49.5. The molecule has 398 valence electrons. The Kier molecular flexibility index (Phi) is 54.0. The molecule has 3 N–H and O–H groups in total. The third kappa shape index (κ3) is 50.2. The number of ether oxygens (including phenoxy) is 1. The van der Waals surface area contributed by atoms with Crippen LogP contribution in [0.3, 0.4) is 0 Å². The van der Waals surface area contributed by atoms with Crippen LogP contribution in [0.1, 0.15) is 310 Å². The Morgan fingerprint density at radius 1 is 0.426 bits per heavy atom. The molecule has 1 amide bonds. The fourth-order valence-electron chi connectivity index (χ4n) is 9.08. The summed E-state index contributed by atoms with van der Waals surface area (Å²) in [5.74, 6) is -0.488. The molecule has 0 aromatic heterocycles. The largest absolute Gasteiger partial charge is 0.462 e. The van der Waals surface area contributed by atoms with Crippen LogP contribution in [0.2, 0.25) is 0 Å². The highest BCUT2D eigenvalue weighted by Gasteiger charge is 2.24. The Balaban J connectivity index is 4.60. The van der Waals surface area contributed by atoms with Gasteiger partial charge in [0.2, 0.25) is 5.91 Å². The normalized spacial score (nSPS) is 13.4. The maximum atomic E-state index is 13.3. The lowest BCUT2D eigenvalue weighted by Crippen LogP contribution is -2.46. The molecule has 0 aliphatic carbocycles. The zero-order valence-electron chi connectivity index (χ0n) is 45.5. The Morgan fingerprint density at radius 2 is 0.750 bits per heavy atom. The van der Waals surface area contributed by atoms with E-state index in [0.717, 1.165) is 83.5 Å². The lowest BCUT2D eigenvalue weighted by molar-refractivity contribution is -0.151. The van der Waals surface area contributed by atoms with E-state index in [1.165, 1.54) is 180 Å². The molecule has 6 heteroatoms. The first-order valence-corrected chi connectivity index (χ1v) is 29.9. The molecular formula is C62H115NO5. The predicted octanol–water partition coefficient (Wildman–Crippen LogP) is 18.6. The van der Waals surface area contributed by atoms with E-state index < -0.39 is 18.2 Å². The molecule has 0 fully saturated rings. The third-order valence-corrected chi connectivity index (χ3v) is 13.6. The maximum Gasteiger partial charge on any atom is 0.306 e. The Labute approximate surface area is 423 Å². The van der Waals surface area contributed by atoms with Crippen molar-refractivity contribution in [3.05, 3.63) is 48.6 Å². The summed E-state index contributed by atoms with van der Waals surface area (Å²) in [6.07, 6.45) is 68.9. The summed E-state index contributed by atoms with van der Waals surface area (Å²) in [5, 5.41) is 23.9. The Morgan fingerprint density at radius 3 is 1.18 bits per heavy atom. The van der Waals surface area contributed by atoms with Crippen LogP contribution in [-0.4, -0.2) is 46.9 Å². The van der Waals surface area contributed by atoms with Crippen LogP contribution in [0.4, 0.5) is 0 Å². The Bertz CT molecular complexity index is 1160. The number of rotatable bonds is 54. The van der Waals surface area contributed by atoms with E-state index in [2.05, 4.69) is 74.7 Å². The van der Waals surface area contributed by atoms with Gasteiger partial charge in [0.25, 0.3) is 0 Å². The second-order valence-electron chi connectivity index (χ2n) is 20.4. The van der Waals surface area contributed by atoms with Gasteiger partial charge in [-0.25, -0.2) is 0 Å². The van der Waals surface area contributed by atoms with Crippen molar-refractivity contribution in [1.29, 1.82) is 0 Å². The highest BCUT2D eigenvalue weighted by Crippen LogP contribution is 2.18. The summed E-state index contributed by atoms with van der Waals surface area (Å²) < 4.78 is 5.96. The van der Waals surface area contributed by atoms with Crippen LogP contribution in [0.5, 0.6) is 0 Å². The molecule has 3 unspecified atom stereocenters. The molecule has 0 saturated carbocycles. The van der Waals surface area contributed by atoms with Crippen molar-refractivity contribution < 1.29 is 24.5 Å². The number of amides is 1. The average Bonchev–Trinajstić information content (AvgIpc) is 3.33. The second-order valence-corrected chi connectivity index (χ2v) is 20.4. The highest BCUT2D eigenvalue weighted by molar-refractivity contribution is 5.77. The molecule has 68 heavy (non-hydrogen) atoms. The van der Waals surface area contributed by atoms with Crippen molar-refractivity contribution >= 4 is 11.9 Å². The van der Waals surface area contributed by atoms with Gasteiger partial charge in [-0.15, -0.1) is 0 Å². The molecule has 0 radical (unpaired) electrons. The first kappa shape index (κ1) is 65.8. The topological polar surface area (TPSA) is 95.9 Å². The molecule has 0 aromatic carbocycles. The summed E-state index contributed by atoms with van der Waals surface area (Å²) in [5.41, 5.74) is 0. The summed E-state index contributed by atoms with van der Waals surface area (Å²) in [6, 6.07) is -0.711. The molecule has 0 bridgehead atoms. The quantitative estimate of drug-likeness (QED) is 0.0321. The van der Waals surface area contributed by atoms with Gasteiger partial charge in [0.05, 0.1) is 25.2 Å². The van der Waals surface area contributed by atoms with Crippen LogP contribution < -0.4 is 5.32 Å². The minimum Gasteiger partial charge on any atom is -0.462 e. The number of aliphatic hydroxyl groups excluding tert-OH is 2. The highest BCUT2D eigenvalue weighted by atomic mass is 16.5. The summed E-state index contributed by atoms with van der Waals surface area (Å²) in [4.78, 5) is 26.3. The number of esters is 1. The summed E-state index contributed by atoms with van der Waals surface area (Å²) in [7, 11) is 0. The van der Waals surface area contributed by atoms with Gasteiger partial charge in [-0.1, -0.05) is 256 Å². The first-order chi connectivity index (χ1) is 33.5. The molecule has 0 aliphatic heterocycles. The van der Waals surface area contributed by atoms with Gasteiger partial charge in [-0.2, -0.15) is 0 Å². The minimum atomic E-state index is -0.796. The third-order valence-electron chi connectivity index (χ3n) is 13.6.